The van der Waals surface area contributed by atoms with Crippen LogP contribution in [-0.2, 0) is 5.41 Å². The molecule has 0 radical (unpaired) electrons. The molecular weight excluding hydrogens is 929 g/mol. The predicted octanol–water partition coefficient (Wildman–Crippen LogP) is 20.2. The van der Waals surface area contributed by atoms with Gasteiger partial charge in [-0.3, -0.25) is 0 Å². The second-order valence-electron chi connectivity index (χ2n) is 20.4. The molecule has 12 aromatic rings. The highest BCUT2D eigenvalue weighted by Crippen LogP contribution is 2.58. The van der Waals surface area contributed by atoms with Crippen LogP contribution < -0.4 is 4.90 Å². The van der Waals surface area contributed by atoms with Gasteiger partial charge < -0.3 is 9.47 Å². The molecule has 13 rings (SSSR count). The van der Waals surface area contributed by atoms with Crippen LogP contribution in [0.2, 0.25) is 0 Å². The van der Waals surface area contributed by atoms with Crippen molar-refractivity contribution in [2.45, 2.75) is 19.3 Å². The average molecular weight is 985 g/mol. The summed E-state index contributed by atoms with van der Waals surface area (Å²) in [5, 5.41) is 2.40. The van der Waals surface area contributed by atoms with Crippen molar-refractivity contribution in [3.05, 3.63) is 319 Å². The molecule has 0 bridgehead atoms. The lowest BCUT2D eigenvalue weighted by Crippen LogP contribution is -2.30. The summed E-state index contributed by atoms with van der Waals surface area (Å²) < 4.78 is 2.39. The normalized spacial score (nSPS) is 13.5. The molecule has 1 heterocycles. The Morgan fingerprint density at radius 3 is 1.42 bits per heavy atom. The fourth-order valence-corrected chi connectivity index (χ4v) is 12.1. The first-order valence-corrected chi connectivity index (χ1v) is 26.5. The number of rotatable bonds is 12. The highest BCUT2D eigenvalue weighted by atomic mass is 15.1. The van der Waals surface area contributed by atoms with E-state index in [0.29, 0.717) is 0 Å². The molecule has 11 aromatic carbocycles. The van der Waals surface area contributed by atoms with Gasteiger partial charge in [-0.15, -0.1) is 0 Å². The summed E-state index contributed by atoms with van der Waals surface area (Å²) in [6.45, 7) is 16.6. The van der Waals surface area contributed by atoms with Gasteiger partial charge in [-0.25, -0.2) is 0 Å². The van der Waals surface area contributed by atoms with Crippen LogP contribution in [0.25, 0.3) is 90.2 Å². The third-order valence-electron chi connectivity index (χ3n) is 16.0. The quantitative estimate of drug-likeness (QED) is 0.118. The maximum absolute atomic E-state index is 4.11. The Labute approximate surface area is 452 Å². The van der Waals surface area contributed by atoms with E-state index in [0.717, 1.165) is 61.6 Å². The highest BCUT2D eigenvalue weighted by Gasteiger charge is 2.47. The second-order valence-corrected chi connectivity index (χ2v) is 20.4. The Bertz CT molecular complexity index is 4230. The van der Waals surface area contributed by atoms with Gasteiger partial charge >= 0.3 is 0 Å². The van der Waals surface area contributed by atoms with Gasteiger partial charge in [0, 0.05) is 33.5 Å². The first kappa shape index (κ1) is 47.0. The average Bonchev–Trinajstić information content (AvgIpc) is 4.22. The number of aryl methyl sites for hydroxylation is 2. The molecule has 0 amide bonds. The van der Waals surface area contributed by atoms with E-state index >= 15 is 0 Å². The summed E-state index contributed by atoms with van der Waals surface area (Å²) in [5.74, 6) is 0. The zero-order valence-electron chi connectivity index (χ0n) is 43.4. The van der Waals surface area contributed by atoms with E-state index in [2.05, 4.69) is 292 Å². The van der Waals surface area contributed by atoms with Gasteiger partial charge in [0.05, 0.1) is 16.4 Å². The summed E-state index contributed by atoms with van der Waals surface area (Å²) in [4.78, 5) is 2.42. The third-order valence-corrected chi connectivity index (χ3v) is 16.0. The minimum Gasteiger partial charge on any atom is -0.310 e. The largest absolute Gasteiger partial charge is 0.310 e. The smallest absolute Gasteiger partial charge is 0.0716 e. The van der Waals surface area contributed by atoms with Crippen LogP contribution >= 0.6 is 0 Å². The lowest BCUT2D eigenvalue weighted by molar-refractivity contribution is 0.759. The third kappa shape index (κ3) is 7.97. The Hall–Kier alpha value is -9.76. The maximum atomic E-state index is 4.11. The zero-order valence-corrected chi connectivity index (χ0v) is 43.4. The molecule has 0 saturated carbocycles. The molecule has 77 heavy (non-hydrogen) atoms. The van der Waals surface area contributed by atoms with Crippen molar-refractivity contribution < 1.29 is 0 Å². The van der Waals surface area contributed by atoms with Gasteiger partial charge in [0.2, 0.25) is 0 Å². The van der Waals surface area contributed by atoms with E-state index < -0.39 is 5.41 Å². The lowest BCUT2D eigenvalue weighted by atomic mass is 9.66. The molecule has 0 aliphatic heterocycles. The topological polar surface area (TPSA) is 8.17 Å². The van der Waals surface area contributed by atoms with Crippen LogP contribution in [0.4, 0.5) is 17.1 Å². The van der Waals surface area contributed by atoms with Gasteiger partial charge in [0.1, 0.15) is 0 Å². The van der Waals surface area contributed by atoms with Gasteiger partial charge in [-0.1, -0.05) is 219 Å². The molecule has 0 fully saturated rings. The maximum Gasteiger partial charge on any atom is 0.0716 e. The summed E-state index contributed by atoms with van der Waals surface area (Å²) in [6, 6.07) is 92.0. The minimum atomic E-state index is -0.585. The van der Waals surface area contributed by atoms with E-state index in [1.165, 1.54) is 77.5 Å². The van der Waals surface area contributed by atoms with Crippen molar-refractivity contribution in [1.82, 2.24) is 4.57 Å². The van der Waals surface area contributed by atoms with E-state index in [4.69, 9.17) is 0 Å². The molecule has 366 valence electrons. The monoisotopic (exact) mass is 984 g/mol. The molecule has 0 spiro atoms. The molecule has 2 heteroatoms. The van der Waals surface area contributed by atoms with E-state index in [-0.39, 0.29) is 0 Å². The Balaban J connectivity index is 0.970. The van der Waals surface area contributed by atoms with Gasteiger partial charge in [0.25, 0.3) is 0 Å². The van der Waals surface area contributed by atoms with Crippen molar-refractivity contribution in [1.29, 1.82) is 0 Å². The summed E-state index contributed by atoms with van der Waals surface area (Å²) >= 11 is 0. The van der Waals surface area contributed by atoms with Crippen LogP contribution in [0.3, 0.4) is 0 Å². The highest BCUT2D eigenvalue weighted by molar-refractivity contribution is 6.11. The zero-order chi connectivity index (χ0) is 52.2. The first-order valence-electron chi connectivity index (χ1n) is 26.5. The van der Waals surface area contributed by atoms with E-state index in [9.17, 15) is 0 Å². The van der Waals surface area contributed by atoms with E-state index in [1.54, 1.807) is 0 Å². The molecular formula is C75H56N2. The van der Waals surface area contributed by atoms with Crippen LogP contribution in [0.1, 0.15) is 50.1 Å². The van der Waals surface area contributed by atoms with Gasteiger partial charge in [-0.05, 0) is 176 Å². The number of fused-ring (bicyclic) bond motifs is 6. The summed E-state index contributed by atoms with van der Waals surface area (Å²) in [5.41, 5.74) is 26.4. The van der Waals surface area contributed by atoms with Crippen molar-refractivity contribution >= 4 is 57.1 Å². The molecule has 1 unspecified atom stereocenters. The van der Waals surface area contributed by atoms with Crippen molar-refractivity contribution in [3.63, 3.8) is 0 Å². The van der Waals surface area contributed by atoms with Crippen molar-refractivity contribution in [2.75, 3.05) is 4.90 Å². The van der Waals surface area contributed by atoms with Crippen molar-refractivity contribution in [2.24, 2.45) is 0 Å². The summed E-state index contributed by atoms with van der Waals surface area (Å²) in [6.07, 6.45) is 5.71. The Kier molecular flexibility index (Phi) is 11.7. The fraction of sp³-hybridized carbons (Fsp3) is 0.0400. The number of benzene rings is 11. The number of nitrogens with zero attached hydrogens (tertiary/aromatic N) is 2. The summed E-state index contributed by atoms with van der Waals surface area (Å²) in [7, 11) is 0. The van der Waals surface area contributed by atoms with Crippen LogP contribution in [-0.4, -0.2) is 4.57 Å². The van der Waals surface area contributed by atoms with Crippen LogP contribution in [0, 0.1) is 13.8 Å². The van der Waals surface area contributed by atoms with Crippen LogP contribution in [0.5, 0.6) is 0 Å². The molecule has 1 atom stereocenters. The fourth-order valence-electron chi connectivity index (χ4n) is 12.1. The molecule has 1 aromatic heterocycles. The SMILES string of the molecule is C=Cc1ccc(-c2ccc3c(c2)c2cc(-c4ccc(N(c5ccc(-c6ccccc6)cc5)c5ccc6c(c5)C(c5ccc(C=C)cc5)(c5cc(C)ccc5C)c5ccccc5-6)cc4)ccc2n3-c2ccc(C=C)cc2)cc1. The minimum absolute atomic E-state index is 0.585. The molecule has 2 nitrogen and oxygen atoms in total. The first-order chi connectivity index (χ1) is 37.8. The van der Waals surface area contributed by atoms with Crippen LogP contribution in [0.15, 0.2) is 268 Å². The second kappa shape index (κ2) is 19.2. The number of aromatic nitrogens is 1. The Morgan fingerprint density at radius 2 is 0.831 bits per heavy atom. The number of hydrogen-bond donors (Lipinski definition) is 0. The molecule has 0 N–H and O–H groups in total. The van der Waals surface area contributed by atoms with Gasteiger partial charge in [-0.2, -0.15) is 0 Å². The molecule has 0 saturated heterocycles. The molecule has 1 aliphatic carbocycles. The van der Waals surface area contributed by atoms with Crippen molar-refractivity contribution in [3.8, 4) is 50.2 Å². The number of hydrogen-bond acceptors (Lipinski definition) is 1. The Morgan fingerprint density at radius 1 is 0.364 bits per heavy atom. The predicted molar refractivity (Wildman–Crippen MR) is 329 cm³/mol. The number of anilines is 3. The molecule has 1 aliphatic rings. The van der Waals surface area contributed by atoms with E-state index in [1.807, 2.05) is 18.2 Å². The van der Waals surface area contributed by atoms with Gasteiger partial charge in [0.15, 0.2) is 0 Å². The standard InChI is InChI=1S/C75H56N2/c1-6-52-20-26-57(27-21-52)59-32-44-73-68(47-59)69-48-60(33-45-74(69)77(73)64-36-24-54(8-3)25-37-64)58-30-40-63(41-31-58)76(62-38-28-56(29-39-62)55-14-10-9-11-15-55)65-42-43-67-66-16-12-13-17-70(66)75(72(67)49-65,61-34-22-53(7-2)23-35-61)71-46-50(4)18-19-51(71)5/h6-49H,1-3H2,4-5H3. The lowest BCUT2D eigenvalue weighted by Gasteiger charge is -2.36.